The number of aromatic nitrogens is 1. The van der Waals surface area contributed by atoms with Gasteiger partial charge in [-0.15, -0.1) is 0 Å². The van der Waals surface area contributed by atoms with E-state index in [2.05, 4.69) is 25.6 Å². The van der Waals surface area contributed by atoms with Gasteiger partial charge in [-0.05, 0) is 34.1 Å². The summed E-state index contributed by atoms with van der Waals surface area (Å²) in [6.45, 7) is 0. The van der Waals surface area contributed by atoms with Crippen molar-refractivity contribution in [2.45, 2.75) is 4.90 Å². The van der Waals surface area contributed by atoms with Crippen LogP contribution in [0.15, 0.2) is 40.0 Å². The minimum Gasteiger partial charge on any atom is -0.494 e. The molecule has 2 rings (SSSR count). The maximum Gasteiger partial charge on any atom is 0.265 e. The zero-order chi connectivity index (χ0) is 15.6. The number of halogens is 3. The summed E-state index contributed by atoms with van der Waals surface area (Å²) in [5.41, 5.74) is 0.164. The zero-order valence-electron chi connectivity index (χ0n) is 10.6. The summed E-state index contributed by atoms with van der Waals surface area (Å²) < 4.78 is 32.9. The molecule has 1 aromatic carbocycles. The highest BCUT2D eigenvalue weighted by molar-refractivity contribution is 9.10. The molecule has 9 heteroatoms. The Bertz CT molecular complexity index is 784. The number of methoxy groups -OCH3 is 1. The van der Waals surface area contributed by atoms with E-state index in [0.29, 0.717) is 4.47 Å². The molecule has 0 spiro atoms. The van der Waals surface area contributed by atoms with Gasteiger partial charge in [-0.25, -0.2) is 8.42 Å². The maximum atomic E-state index is 12.5. The molecule has 0 aliphatic rings. The van der Waals surface area contributed by atoms with Crippen molar-refractivity contribution < 1.29 is 13.2 Å². The Morgan fingerprint density at radius 1 is 1.33 bits per heavy atom. The predicted molar refractivity (Wildman–Crippen MR) is 85.8 cm³/mol. The first-order valence-corrected chi connectivity index (χ1v) is 8.53. The highest BCUT2D eigenvalue weighted by Gasteiger charge is 2.23. The molecular formula is C12H9BrCl2N2O3S. The monoisotopic (exact) mass is 410 g/mol. The van der Waals surface area contributed by atoms with Gasteiger partial charge in [0.05, 0.1) is 28.5 Å². The Kier molecular flexibility index (Phi) is 4.98. The van der Waals surface area contributed by atoms with E-state index in [-0.39, 0.29) is 26.4 Å². The van der Waals surface area contributed by atoms with Crippen molar-refractivity contribution in [1.82, 2.24) is 4.98 Å². The van der Waals surface area contributed by atoms with Crippen molar-refractivity contribution in [3.05, 3.63) is 45.1 Å². The molecule has 1 heterocycles. The third-order valence-corrected chi connectivity index (χ3v) is 4.99. The van der Waals surface area contributed by atoms with Crippen molar-refractivity contribution in [3.8, 4) is 5.75 Å². The van der Waals surface area contributed by atoms with E-state index >= 15 is 0 Å². The molecule has 21 heavy (non-hydrogen) atoms. The number of sulfonamides is 1. The highest BCUT2D eigenvalue weighted by atomic mass is 79.9. The van der Waals surface area contributed by atoms with Crippen LogP contribution in [0.2, 0.25) is 10.0 Å². The first kappa shape index (κ1) is 16.4. The fourth-order valence-electron chi connectivity index (χ4n) is 1.59. The van der Waals surface area contributed by atoms with E-state index in [0.717, 1.165) is 0 Å². The van der Waals surface area contributed by atoms with Gasteiger partial charge in [0, 0.05) is 11.2 Å². The summed E-state index contributed by atoms with van der Waals surface area (Å²) in [5, 5.41) is 0.481. The van der Waals surface area contributed by atoms with Gasteiger partial charge in [0.2, 0.25) is 0 Å². The Morgan fingerprint density at radius 3 is 2.67 bits per heavy atom. The standard InChI is InChI=1S/C12H9BrCl2N2O3S/c1-20-12-8(13)4-7(14)5-11(12)21(18,19)17-10-6-16-3-2-9(10)15/h2-6,17H,1H3. The average Bonchev–Trinajstić information content (AvgIpc) is 2.40. The summed E-state index contributed by atoms with van der Waals surface area (Å²) in [7, 11) is -2.57. The quantitative estimate of drug-likeness (QED) is 0.826. The molecule has 0 fully saturated rings. The van der Waals surface area contributed by atoms with Crippen LogP contribution in [0.5, 0.6) is 5.75 Å². The number of hydrogen-bond donors (Lipinski definition) is 1. The lowest BCUT2D eigenvalue weighted by atomic mass is 10.3. The second kappa shape index (κ2) is 6.39. The van der Waals surface area contributed by atoms with E-state index in [9.17, 15) is 8.42 Å². The number of hydrogen-bond acceptors (Lipinski definition) is 4. The van der Waals surface area contributed by atoms with Gasteiger partial charge in [-0.3, -0.25) is 9.71 Å². The lowest BCUT2D eigenvalue weighted by Crippen LogP contribution is -2.14. The van der Waals surface area contributed by atoms with Gasteiger partial charge >= 0.3 is 0 Å². The lowest BCUT2D eigenvalue weighted by molar-refractivity contribution is 0.400. The first-order chi connectivity index (χ1) is 9.85. The summed E-state index contributed by atoms with van der Waals surface area (Å²) in [6.07, 6.45) is 2.77. The Labute approximate surface area is 140 Å². The molecule has 0 radical (unpaired) electrons. The van der Waals surface area contributed by atoms with Crippen LogP contribution in [0.4, 0.5) is 5.69 Å². The molecule has 0 bridgehead atoms. The summed E-state index contributed by atoms with van der Waals surface area (Å²) in [5.74, 6) is 0.145. The molecule has 0 aliphatic carbocycles. The SMILES string of the molecule is COc1c(Br)cc(Cl)cc1S(=O)(=O)Nc1cnccc1Cl. The minimum atomic E-state index is -3.94. The number of benzene rings is 1. The van der Waals surface area contributed by atoms with Gasteiger partial charge in [0.25, 0.3) is 10.0 Å². The van der Waals surface area contributed by atoms with Gasteiger partial charge in [0.15, 0.2) is 5.75 Å². The second-order valence-corrected chi connectivity index (χ2v) is 7.23. The van der Waals surface area contributed by atoms with Crippen molar-refractivity contribution in [1.29, 1.82) is 0 Å². The molecule has 2 aromatic rings. The van der Waals surface area contributed by atoms with Gasteiger partial charge in [0.1, 0.15) is 4.90 Å². The van der Waals surface area contributed by atoms with Gasteiger partial charge in [-0.1, -0.05) is 23.2 Å². The van der Waals surface area contributed by atoms with Crippen molar-refractivity contribution >= 4 is 54.8 Å². The molecular weight excluding hydrogens is 403 g/mol. The second-order valence-electron chi connectivity index (χ2n) is 3.88. The molecule has 1 N–H and O–H groups in total. The van der Waals surface area contributed by atoms with Crippen LogP contribution in [0.25, 0.3) is 0 Å². The largest absolute Gasteiger partial charge is 0.494 e. The molecule has 0 aliphatic heterocycles. The van der Waals surface area contributed by atoms with Crippen LogP contribution in [0, 0.1) is 0 Å². The molecule has 1 aromatic heterocycles. The summed E-state index contributed by atoms with van der Waals surface area (Å²) in [6, 6.07) is 4.30. The number of pyridine rings is 1. The van der Waals surface area contributed by atoms with Crippen molar-refractivity contribution in [2.75, 3.05) is 11.8 Å². The maximum absolute atomic E-state index is 12.5. The van der Waals surface area contributed by atoms with Crippen LogP contribution in [0.1, 0.15) is 0 Å². The Balaban J connectivity index is 2.52. The number of nitrogens with zero attached hydrogens (tertiary/aromatic N) is 1. The molecule has 0 atom stereocenters. The summed E-state index contributed by atoms with van der Waals surface area (Å²) >= 11 is 15.0. The molecule has 0 amide bonds. The first-order valence-electron chi connectivity index (χ1n) is 5.50. The van der Waals surface area contributed by atoms with Gasteiger partial charge < -0.3 is 4.74 Å². The normalized spacial score (nSPS) is 11.2. The fraction of sp³-hybridized carbons (Fsp3) is 0.0833. The van der Waals surface area contributed by atoms with Crippen LogP contribution in [-0.2, 0) is 10.0 Å². The fourth-order valence-corrected chi connectivity index (χ4v) is 4.24. The van der Waals surface area contributed by atoms with Crippen LogP contribution >= 0.6 is 39.1 Å². The summed E-state index contributed by atoms with van der Waals surface area (Å²) in [4.78, 5) is 3.72. The van der Waals surface area contributed by atoms with Crippen LogP contribution in [0.3, 0.4) is 0 Å². The number of rotatable bonds is 4. The van der Waals surface area contributed by atoms with Gasteiger partial charge in [-0.2, -0.15) is 0 Å². The third kappa shape index (κ3) is 3.60. The number of ether oxygens (including phenoxy) is 1. The molecule has 0 unspecified atom stereocenters. The Hall–Kier alpha value is -1.02. The molecule has 0 saturated carbocycles. The number of nitrogens with one attached hydrogen (secondary N) is 1. The van der Waals surface area contributed by atoms with Crippen molar-refractivity contribution in [3.63, 3.8) is 0 Å². The van der Waals surface area contributed by atoms with Crippen LogP contribution in [-0.4, -0.2) is 20.5 Å². The highest BCUT2D eigenvalue weighted by Crippen LogP contribution is 2.36. The predicted octanol–water partition coefficient (Wildman–Crippen LogP) is 3.96. The smallest absolute Gasteiger partial charge is 0.265 e. The van der Waals surface area contributed by atoms with E-state index in [4.69, 9.17) is 27.9 Å². The molecule has 5 nitrogen and oxygen atoms in total. The van der Waals surface area contributed by atoms with E-state index < -0.39 is 10.0 Å². The third-order valence-electron chi connectivity index (χ3n) is 2.48. The van der Waals surface area contributed by atoms with E-state index in [1.54, 1.807) is 0 Å². The Morgan fingerprint density at radius 2 is 2.05 bits per heavy atom. The molecule has 0 saturated heterocycles. The lowest BCUT2D eigenvalue weighted by Gasteiger charge is -2.13. The van der Waals surface area contributed by atoms with Crippen LogP contribution < -0.4 is 9.46 Å². The number of anilines is 1. The average molecular weight is 412 g/mol. The topological polar surface area (TPSA) is 68.3 Å². The zero-order valence-corrected chi connectivity index (χ0v) is 14.5. The van der Waals surface area contributed by atoms with E-state index in [1.807, 2.05) is 0 Å². The van der Waals surface area contributed by atoms with E-state index in [1.165, 1.54) is 37.7 Å². The molecule has 112 valence electrons. The minimum absolute atomic E-state index is 0.107. The van der Waals surface area contributed by atoms with Crippen molar-refractivity contribution in [2.24, 2.45) is 0 Å².